The Morgan fingerprint density at radius 1 is 1.10 bits per heavy atom. The summed E-state index contributed by atoms with van der Waals surface area (Å²) in [6, 6.07) is 11.7. The van der Waals surface area contributed by atoms with Crippen LogP contribution >= 0.6 is 0 Å². The third-order valence-corrected chi connectivity index (χ3v) is 4.07. The Kier molecular flexibility index (Phi) is 2.76. The lowest BCUT2D eigenvalue weighted by molar-refractivity contribution is 0.601. The number of hydrogen-bond donors (Lipinski definition) is 1. The van der Waals surface area contributed by atoms with E-state index < -0.39 is 9.84 Å². The molecule has 0 fully saturated rings. The third kappa shape index (κ3) is 2.25. The molecule has 1 heterocycles. The maximum Gasteiger partial charge on any atom is 0.227 e. The molecule has 0 amide bonds. The van der Waals surface area contributed by atoms with Crippen molar-refractivity contribution < 1.29 is 12.8 Å². The molecule has 0 saturated heterocycles. The molecule has 5 nitrogen and oxygen atoms in total. The van der Waals surface area contributed by atoms with Gasteiger partial charge < -0.3 is 10.2 Å². The number of hydrogen-bond acceptors (Lipinski definition) is 5. The maximum atomic E-state index is 11.4. The number of oxazole rings is 1. The van der Waals surface area contributed by atoms with Crippen LogP contribution in [0.4, 0.5) is 5.69 Å². The van der Waals surface area contributed by atoms with Gasteiger partial charge in [-0.3, -0.25) is 0 Å². The molecule has 3 aromatic rings. The highest BCUT2D eigenvalue weighted by atomic mass is 32.2. The molecule has 0 saturated carbocycles. The largest absolute Gasteiger partial charge is 0.436 e. The molecule has 0 aliphatic carbocycles. The molecule has 0 aliphatic rings. The van der Waals surface area contributed by atoms with E-state index in [1.165, 1.54) is 18.4 Å². The first-order chi connectivity index (χ1) is 9.43. The van der Waals surface area contributed by atoms with Gasteiger partial charge in [-0.15, -0.1) is 0 Å². The molecule has 102 valence electrons. The Bertz CT molecular complexity index is 880. The van der Waals surface area contributed by atoms with Crippen LogP contribution in [0, 0.1) is 0 Å². The van der Waals surface area contributed by atoms with Gasteiger partial charge in [0.25, 0.3) is 0 Å². The summed E-state index contributed by atoms with van der Waals surface area (Å²) in [4.78, 5) is 4.61. The van der Waals surface area contributed by atoms with Gasteiger partial charge in [0.15, 0.2) is 15.4 Å². The zero-order chi connectivity index (χ0) is 14.3. The quantitative estimate of drug-likeness (QED) is 0.732. The summed E-state index contributed by atoms with van der Waals surface area (Å²) in [5.41, 5.74) is 8.32. The van der Waals surface area contributed by atoms with E-state index in [4.69, 9.17) is 10.2 Å². The molecule has 0 unspecified atom stereocenters. The fourth-order valence-corrected chi connectivity index (χ4v) is 2.54. The standard InChI is InChI=1S/C14H12N2O3S/c1-20(17,18)11-5-2-9(3-6-11)14-16-12-7-4-10(15)8-13(12)19-14/h2-8H,15H2,1H3. The van der Waals surface area contributed by atoms with Crippen LogP contribution < -0.4 is 5.73 Å². The molecule has 20 heavy (non-hydrogen) atoms. The average molecular weight is 288 g/mol. The van der Waals surface area contributed by atoms with Gasteiger partial charge in [0.05, 0.1) is 4.90 Å². The second-order valence-electron chi connectivity index (χ2n) is 4.54. The zero-order valence-corrected chi connectivity index (χ0v) is 11.5. The fraction of sp³-hybridized carbons (Fsp3) is 0.0714. The van der Waals surface area contributed by atoms with E-state index in [9.17, 15) is 8.42 Å². The van der Waals surface area contributed by atoms with E-state index in [1.54, 1.807) is 30.3 Å². The second kappa shape index (κ2) is 4.35. The third-order valence-electron chi connectivity index (χ3n) is 2.94. The van der Waals surface area contributed by atoms with E-state index >= 15 is 0 Å². The van der Waals surface area contributed by atoms with Crippen LogP contribution in [0.1, 0.15) is 0 Å². The first-order valence-corrected chi connectivity index (χ1v) is 7.79. The molecule has 2 aromatic carbocycles. The lowest BCUT2D eigenvalue weighted by Crippen LogP contribution is -1.96. The van der Waals surface area contributed by atoms with E-state index in [0.29, 0.717) is 28.2 Å². The SMILES string of the molecule is CS(=O)(=O)c1ccc(-c2nc3ccc(N)cc3o2)cc1. The van der Waals surface area contributed by atoms with E-state index in [2.05, 4.69) is 4.98 Å². The van der Waals surface area contributed by atoms with Gasteiger partial charge >= 0.3 is 0 Å². The molecule has 0 atom stereocenters. The van der Waals surface area contributed by atoms with E-state index in [1.807, 2.05) is 0 Å². The predicted octanol–water partition coefficient (Wildman–Crippen LogP) is 2.48. The molecule has 6 heteroatoms. The fourth-order valence-electron chi connectivity index (χ4n) is 1.91. The molecule has 0 radical (unpaired) electrons. The number of nitrogen functional groups attached to an aromatic ring is 1. The monoisotopic (exact) mass is 288 g/mol. The van der Waals surface area contributed by atoms with Gasteiger partial charge in [-0.2, -0.15) is 0 Å². The van der Waals surface area contributed by atoms with Gasteiger partial charge in [0, 0.05) is 23.6 Å². The number of nitrogens with zero attached hydrogens (tertiary/aromatic N) is 1. The van der Waals surface area contributed by atoms with Crippen LogP contribution in [0.25, 0.3) is 22.6 Å². The molecule has 0 spiro atoms. The van der Waals surface area contributed by atoms with Crippen molar-refractivity contribution in [1.82, 2.24) is 4.98 Å². The Hall–Kier alpha value is -2.34. The zero-order valence-electron chi connectivity index (χ0n) is 10.7. The number of anilines is 1. The van der Waals surface area contributed by atoms with Crippen LogP contribution in [0.2, 0.25) is 0 Å². The Morgan fingerprint density at radius 2 is 1.80 bits per heavy atom. The van der Waals surface area contributed by atoms with Crippen molar-refractivity contribution in [3.05, 3.63) is 42.5 Å². The summed E-state index contributed by atoms with van der Waals surface area (Å²) < 4.78 is 28.4. The summed E-state index contributed by atoms with van der Waals surface area (Å²) in [6.07, 6.45) is 1.17. The first-order valence-electron chi connectivity index (χ1n) is 5.90. The minimum absolute atomic E-state index is 0.265. The van der Waals surface area contributed by atoms with Gasteiger partial charge in [0.2, 0.25) is 5.89 Å². The molecular weight excluding hydrogens is 276 g/mol. The molecular formula is C14H12N2O3S. The number of benzene rings is 2. The number of rotatable bonds is 2. The van der Waals surface area contributed by atoms with Crippen molar-refractivity contribution in [2.45, 2.75) is 4.90 Å². The summed E-state index contributed by atoms with van der Waals surface area (Å²) in [7, 11) is -3.20. The van der Waals surface area contributed by atoms with Crippen molar-refractivity contribution in [2.24, 2.45) is 0 Å². The minimum atomic E-state index is -3.20. The van der Waals surface area contributed by atoms with Crippen molar-refractivity contribution in [1.29, 1.82) is 0 Å². The molecule has 2 N–H and O–H groups in total. The van der Waals surface area contributed by atoms with Crippen LogP contribution in [-0.2, 0) is 9.84 Å². The average Bonchev–Trinajstić information content (AvgIpc) is 2.80. The minimum Gasteiger partial charge on any atom is -0.436 e. The van der Waals surface area contributed by atoms with Gasteiger partial charge in [-0.1, -0.05) is 0 Å². The lowest BCUT2D eigenvalue weighted by atomic mass is 10.2. The van der Waals surface area contributed by atoms with Crippen molar-refractivity contribution in [2.75, 3.05) is 12.0 Å². The van der Waals surface area contributed by atoms with E-state index in [-0.39, 0.29) is 4.90 Å². The highest BCUT2D eigenvalue weighted by molar-refractivity contribution is 7.90. The van der Waals surface area contributed by atoms with Crippen molar-refractivity contribution in [3.8, 4) is 11.5 Å². The van der Waals surface area contributed by atoms with Crippen molar-refractivity contribution >= 4 is 26.6 Å². The molecule has 1 aromatic heterocycles. The lowest BCUT2D eigenvalue weighted by Gasteiger charge is -1.99. The number of aromatic nitrogens is 1. The Morgan fingerprint density at radius 3 is 2.45 bits per heavy atom. The number of sulfone groups is 1. The van der Waals surface area contributed by atoms with Gasteiger partial charge in [-0.25, -0.2) is 13.4 Å². The number of fused-ring (bicyclic) bond motifs is 1. The smallest absolute Gasteiger partial charge is 0.227 e. The summed E-state index contributed by atoms with van der Waals surface area (Å²) in [5, 5.41) is 0. The van der Waals surface area contributed by atoms with Gasteiger partial charge in [0.1, 0.15) is 5.52 Å². The molecule has 0 bridgehead atoms. The van der Waals surface area contributed by atoms with E-state index in [0.717, 1.165) is 0 Å². The van der Waals surface area contributed by atoms with Crippen LogP contribution in [0.5, 0.6) is 0 Å². The first kappa shape index (κ1) is 12.7. The summed E-state index contributed by atoms with van der Waals surface area (Å²) >= 11 is 0. The Balaban J connectivity index is 2.07. The highest BCUT2D eigenvalue weighted by Gasteiger charge is 2.11. The summed E-state index contributed by atoms with van der Waals surface area (Å²) in [6.45, 7) is 0. The van der Waals surface area contributed by atoms with Crippen LogP contribution in [0.3, 0.4) is 0 Å². The van der Waals surface area contributed by atoms with Gasteiger partial charge in [-0.05, 0) is 36.4 Å². The highest BCUT2D eigenvalue weighted by Crippen LogP contribution is 2.26. The van der Waals surface area contributed by atoms with Crippen molar-refractivity contribution in [3.63, 3.8) is 0 Å². The summed E-state index contributed by atoms with van der Waals surface area (Å²) in [5.74, 6) is 0.436. The normalized spacial score (nSPS) is 11.8. The molecule has 3 rings (SSSR count). The topological polar surface area (TPSA) is 86.2 Å². The second-order valence-corrected chi connectivity index (χ2v) is 6.56. The van der Waals surface area contributed by atoms with Crippen LogP contribution in [0.15, 0.2) is 51.8 Å². The molecule has 0 aliphatic heterocycles. The predicted molar refractivity (Wildman–Crippen MR) is 77.0 cm³/mol. The maximum absolute atomic E-state index is 11.4. The van der Waals surface area contributed by atoms with Crippen LogP contribution in [-0.4, -0.2) is 19.7 Å². The number of nitrogens with two attached hydrogens (primary N) is 1. The Labute approximate surface area is 116 Å².